The normalized spacial score (nSPS) is 35.2. The summed E-state index contributed by atoms with van der Waals surface area (Å²) in [6.07, 6.45) is 0.556. The Morgan fingerprint density at radius 2 is 2.09 bits per heavy atom. The molecular formula is C8H16FNO. The van der Waals surface area contributed by atoms with Crippen molar-refractivity contribution < 1.29 is 9.50 Å². The Morgan fingerprint density at radius 1 is 1.45 bits per heavy atom. The molecular weight excluding hydrogens is 145 g/mol. The van der Waals surface area contributed by atoms with Gasteiger partial charge in [0.2, 0.25) is 0 Å². The number of nitrogens with zero attached hydrogens (tertiary/aromatic N) is 1. The molecule has 0 aliphatic carbocycles. The fourth-order valence-corrected chi connectivity index (χ4v) is 1.46. The molecule has 2 nitrogen and oxygen atoms in total. The summed E-state index contributed by atoms with van der Waals surface area (Å²) in [5, 5.41) is 8.81. The van der Waals surface area contributed by atoms with Gasteiger partial charge in [-0.3, -0.25) is 0 Å². The highest BCUT2D eigenvalue weighted by Crippen LogP contribution is 2.19. The van der Waals surface area contributed by atoms with Crippen molar-refractivity contribution in [2.75, 3.05) is 26.7 Å². The fourth-order valence-electron chi connectivity index (χ4n) is 1.46. The van der Waals surface area contributed by atoms with Gasteiger partial charge >= 0.3 is 0 Å². The van der Waals surface area contributed by atoms with Gasteiger partial charge in [-0.15, -0.1) is 0 Å². The first-order chi connectivity index (χ1) is 5.24. The Hall–Kier alpha value is -0.150. The maximum atomic E-state index is 13.1. The van der Waals surface area contributed by atoms with E-state index in [-0.39, 0.29) is 12.5 Å². The van der Waals surface area contributed by atoms with Crippen LogP contribution in [0.15, 0.2) is 0 Å². The average Bonchev–Trinajstić information content (AvgIpc) is 2.15. The summed E-state index contributed by atoms with van der Waals surface area (Å²) in [4.78, 5) is 2.11. The molecule has 0 radical (unpaired) electrons. The summed E-state index contributed by atoms with van der Waals surface area (Å²) >= 11 is 0. The van der Waals surface area contributed by atoms with Gasteiger partial charge < -0.3 is 10.0 Å². The van der Waals surface area contributed by atoms with Crippen LogP contribution < -0.4 is 0 Å². The molecule has 1 aliphatic rings. The van der Waals surface area contributed by atoms with Crippen molar-refractivity contribution in [1.82, 2.24) is 4.90 Å². The molecule has 1 heterocycles. The molecule has 0 aromatic carbocycles. The summed E-state index contributed by atoms with van der Waals surface area (Å²) in [6, 6.07) is 0. The average molecular weight is 161 g/mol. The highest BCUT2D eigenvalue weighted by molar-refractivity contribution is 4.75. The van der Waals surface area contributed by atoms with E-state index in [1.807, 2.05) is 7.05 Å². The minimum absolute atomic E-state index is 0.00495. The zero-order valence-corrected chi connectivity index (χ0v) is 6.96. The lowest BCUT2D eigenvalue weighted by Gasteiger charge is -2.13. The molecule has 66 valence electrons. The molecule has 1 N–H and O–H groups in total. The Kier molecular flexibility index (Phi) is 3.27. The second kappa shape index (κ2) is 4.02. The third-order valence-corrected chi connectivity index (χ3v) is 2.41. The number of hydrogen-bond acceptors (Lipinski definition) is 2. The molecule has 11 heavy (non-hydrogen) atoms. The molecule has 1 saturated heterocycles. The van der Waals surface area contributed by atoms with Crippen LogP contribution in [-0.4, -0.2) is 42.9 Å². The van der Waals surface area contributed by atoms with Crippen LogP contribution in [0.2, 0.25) is 0 Å². The first-order valence-electron chi connectivity index (χ1n) is 4.17. The lowest BCUT2D eigenvalue weighted by Crippen LogP contribution is -2.19. The van der Waals surface area contributed by atoms with Crippen LogP contribution in [0.1, 0.15) is 12.8 Å². The van der Waals surface area contributed by atoms with Crippen molar-refractivity contribution in [1.29, 1.82) is 0 Å². The summed E-state index contributed by atoms with van der Waals surface area (Å²) in [6.45, 7) is 1.72. The van der Waals surface area contributed by atoms with Crippen LogP contribution in [0.3, 0.4) is 0 Å². The minimum Gasteiger partial charge on any atom is -0.396 e. The third-order valence-electron chi connectivity index (χ3n) is 2.41. The zero-order chi connectivity index (χ0) is 8.27. The maximum Gasteiger partial charge on any atom is 0.106 e. The van der Waals surface area contributed by atoms with Crippen LogP contribution in [0.25, 0.3) is 0 Å². The van der Waals surface area contributed by atoms with Gasteiger partial charge in [0.15, 0.2) is 0 Å². The molecule has 3 heteroatoms. The molecule has 0 amide bonds. The van der Waals surface area contributed by atoms with Crippen molar-refractivity contribution in [3.8, 4) is 0 Å². The van der Waals surface area contributed by atoms with Crippen LogP contribution in [-0.2, 0) is 0 Å². The highest BCUT2D eigenvalue weighted by Gasteiger charge is 2.23. The van der Waals surface area contributed by atoms with E-state index in [4.69, 9.17) is 5.11 Å². The van der Waals surface area contributed by atoms with Crippen LogP contribution in [0, 0.1) is 5.92 Å². The van der Waals surface area contributed by atoms with Gasteiger partial charge in [0.25, 0.3) is 0 Å². The standard InChI is InChI=1S/C8H16FNO/c1-10-4-2-7(6-11)8(9)3-5-10/h7-8,11H,2-6H2,1H3/t7-,8-/m1/s1. The third kappa shape index (κ3) is 2.42. The molecule has 1 aliphatic heterocycles. The smallest absolute Gasteiger partial charge is 0.106 e. The van der Waals surface area contributed by atoms with Crippen molar-refractivity contribution in [3.63, 3.8) is 0 Å². The van der Waals surface area contributed by atoms with Gasteiger partial charge in [-0.05, 0) is 26.4 Å². The molecule has 0 aromatic heterocycles. The topological polar surface area (TPSA) is 23.5 Å². The van der Waals surface area contributed by atoms with E-state index in [1.165, 1.54) is 0 Å². The number of rotatable bonds is 1. The molecule has 1 fully saturated rings. The lowest BCUT2D eigenvalue weighted by atomic mass is 10.0. The van der Waals surface area contributed by atoms with E-state index in [9.17, 15) is 4.39 Å². The minimum atomic E-state index is -0.801. The van der Waals surface area contributed by atoms with E-state index in [0.29, 0.717) is 6.42 Å². The summed E-state index contributed by atoms with van der Waals surface area (Å²) in [7, 11) is 1.99. The quantitative estimate of drug-likeness (QED) is 0.610. The molecule has 0 unspecified atom stereocenters. The lowest BCUT2D eigenvalue weighted by molar-refractivity contribution is 0.136. The van der Waals surface area contributed by atoms with Crippen LogP contribution in [0.4, 0.5) is 4.39 Å². The van der Waals surface area contributed by atoms with Gasteiger partial charge in [0.1, 0.15) is 6.17 Å². The zero-order valence-electron chi connectivity index (χ0n) is 6.96. The van der Waals surface area contributed by atoms with Crippen molar-refractivity contribution in [3.05, 3.63) is 0 Å². The largest absolute Gasteiger partial charge is 0.396 e. The molecule has 0 bridgehead atoms. The number of aliphatic hydroxyl groups excluding tert-OH is 1. The first kappa shape index (κ1) is 8.94. The predicted octanol–water partition coefficient (Wildman–Crippen LogP) is 0.659. The van der Waals surface area contributed by atoms with Gasteiger partial charge in [0.05, 0.1) is 0 Å². The summed E-state index contributed by atoms with van der Waals surface area (Å²) in [5.74, 6) is -0.125. The van der Waals surface area contributed by atoms with Crippen molar-refractivity contribution in [2.45, 2.75) is 19.0 Å². The van der Waals surface area contributed by atoms with E-state index in [2.05, 4.69) is 4.90 Å². The van der Waals surface area contributed by atoms with Crippen molar-refractivity contribution in [2.24, 2.45) is 5.92 Å². The number of hydrogen-bond donors (Lipinski definition) is 1. The van der Waals surface area contributed by atoms with Gasteiger partial charge in [-0.25, -0.2) is 4.39 Å². The van der Waals surface area contributed by atoms with Crippen LogP contribution in [0.5, 0.6) is 0 Å². The highest BCUT2D eigenvalue weighted by atomic mass is 19.1. The molecule has 0 saturated carbocycles. The SMILES string of the molecule is CN1CC[C@H](CO)[C@H](F)CC1. The molecule has 1 rings (SSSR count). The number of likely N-dealkylation sites (tertiary alicyclic amines) is 1. The fraction of sp³-hybridized carbons (Fsp3) is 1.00. The van der Waals surface area contributed by atoms with E-state index >= 15 is 0 Å². The second-order valence-electron chi connectivity index (χ2n) is 3.34. The molecule has 0 spiro atoms. The number of aliphatic hydroxyl groups is 1. The van der Waals surface area contributed by atoms with Gasteiger partial charge in [-0.1, -0.05) is 0 Å². The first-order valence-corrected chi connectivity index (χ1v) is 4.17. The Labute approximate surface area is 67.0 Å². The van der Waals surface area contributed by atoms with Crippen LogP contribution >= 0.6 is 0 Å². The van der Waals surface area contributed by atoms with E-state index < -0.39 is 6.17 Å². The summed E-state index contributed by atoms with van der Waals surface area (Å²) in [5.41, 5.74) is 0. The molecule has 0 aromatic rings. The number of alkyl halides is 1. The maximum absolute atomic E-state index is 13.1. The second-order valence-corrected chi connectivity index (χ2v) is 3.34. The monoisotopic (exact) mass is 161 g/mol. The van der Waals surface area contributed by atoms with E-state index in [1.54, 1.807) is 0 Å². The van der Waals surface area contributed by atoms with Gasteiger partial charge in [0, 0.05) is 19.1 Å². The predicted molar refractivity (Wildman–Crippen MR) is 42.2 cm³/mol. The Morgan fingerprint density at radius 3 is 2.73 bits per heavy atom. The van der Waals surface area contributed by atoms with Gasteiger partial charge in [-0.2, -0.15) is 0 Å². The van der Waals surface area contributed by atoms with E-state index in [0.717, 1.165) is 19.5 Å². The number of halogens is 1. The summed E-state index contributed by atoms with van der Waals surface area (Å²) < 4.78 is 13.1. The van der Waals surface area contributed by atoms with Crippen molar-refractivity contribution >= 4 is 0 Å². The molecule has 2 atom stereocenters. The Bertz CT molecular complexity index is 121. The Balaban J connectivity index is 2.41.